The molecule has 2 aliphatic carbocycles. The Hall–Kier alpha value is -1.16. The smallest absolute Gasteiger partial charge is 0.330 e. The minimum atomic E-state index is -0.210. The summed E-state index contributed by atoms with van der Waals surface area (Å²) in [5, 5.41) is 0. The van der Waals surface area contributed by atoms with Gasteiger partial charge in [0.15, 0.2) is 0 Å². The van der Waals surface area contributed by atoms with Crippen LogP contribution in [0, 0.1) is 17.7 Å². The van der Waals surface area contributed by atoms with Gasteiger partial charge in [-0.2, -0.15) is 0 Å². The number of benzene rings is 1. The fourth-order valence-electron chi connectivity index (χ4n) is 4.71. The number of carbonyl (C=O) groups excluding carboxylic acids is 1. The van der Waals surface area contributed by atoms with Gasteiger partial charge in [0, 0.05) is 6.08 Å². The van der Waals surface area contributed by atoms with Crippen molar-refractivity contribution in [1.82, 2.24) is 0 Å². The Balaban J connectivity index is 1.45. The minimum absolute atomic E-state index is 0.0945. The molecule has 3 rings (SSSR count). The van der Waals surface area contributed by atoms with Crippen LogP contribution in [0.3, 0.4) is 0 Å². The molecule has 0 radical (unpaired) electrons. The first-order chi connectivity index (χ1) is 12.6. The molecule has 2 fully saturated rings. The van der Waals surface area contributed by atoms with Crippen molar-refractivity contribution in [2.45, 2.75) is 70.3 Å². The van der Waals surface area contributed by atoms with E-state index in [4.69, 9.17) is 4.74 Å². The fourth-order valence-corrected chi connectivity index (χ4v) is 4.95. The zero-order chi connectivity index (χ0) is 18.5. The Morgan fingerprint density at radius 2 is 1.69 bits per heavy atom. The first-order valence-corrected chi connectivity index (χ1v) is 10.6. The summed E-state index contributed by atoms with van der Waals surface area (Å²) in [6.45, 7) is 1.83. The molecule has 2 nitrogen and oxygen atoms in total. The number of allylic oxidation sites excluding steroid dienone is 1. The summed E-state index contributed by atoms with van der Waals surface area (Å²) < 4.78 is 19.8. The van der Waals surface area contributed by atoms with Crippen LogP contribution in [0.5, 0.6) is 0 Å². The monoisotopic (exact) mass is 422 g/mol. The highest BCUT2D eigenvalue weighted by Gasteiger charge is 2.32. The molecule has 1 aromatic carbocycles. The van der Waals surface area contributed by atoms with E-state index in [1.807, 2.05) is 13.0 Å². The van der Waals surface area contributed by atoms with Crippen molar-refractivity contribution in [3.05, 3.63) is 46.2 Å². The van der Waals surface area contributed by atoms with Crippen LogP contribution in [0.25, 0.3) is 0 Å². The summed E-state index contributed by atoms with van der Waals surface area (Å²) in [6.07, 6.45) is 12.4. The standard InChI is InChI=1S/C22H28BrFO2/c1-2-3-22(25)26-19-11-8-16(9-12-19)15-4-6-17(7-5-15)18-10-13-20(23)21(24)14-18/h2-3,10,13-17,19H,4-9,11-12H2,1H3/b3-2+. The van der Waals surface area contributed by atoms with Crippen molar-refractivity contribution in [3.8, 4) is 0 Å². The van der Waals surface area contributed by atoms with Gasteiger partial charge in [-0.05, 0) is 110 Å². The molecule has 0 unspecified atom stereocenters. The Morgan fingerprint density at radius 3 is 2.27 bits per heavy atom. The third-order valence-electron chi connectivity index (χ3n) is 6.16. The highest BCUT2D eigenvalue weighted by Crippen LogP contribution is 2.43. The highest BCUT2D eigenvalue weighted by atomic mass is 79.9. The van der Waals surface area contributed by atoms with E-state index in [1.54, 1.807) is 12.1 Å². The van der Waals surface area contributed by atoms with Crippen molar-refractivity contribution in [1.29, 1.82) is 0 Å². The van der Waals surface area contributed by atoms with Gasteiger partial charge in [-0.25, -0.2) is 9.18 Å². The van der Waals surface area contributed by atoms with Crippen LogP contribution in [0.1, 0.15) is 69.8 Å². The maximum absolute atomic E-state index is 13.8. The molecule has 0 spiro atoms. The third-order valence-corrected chi connectivity index (χ3v) is 6.80. The molecule has 0 saturated heterocycles. The van der Waals surface area contributed by atoms with Crippen molar-refractivity contribution in [3.63, 3.8) is 0 Å². The molecule has 4 heteroatoms. The average Bonchev–Trinajstić information content (AvgIpc) is 2.65. The van der Waals surface area contributed by atoms with E-state index < -0.39 is 0 Å². The Labute approximate surface area is 164 Å². The van der Waals surface area contributed by atoms with Crippen LogP contribution in [0.15, 0.2) is 34.8 Å². The summed E-state index contributed by atoms with van der Waals surface area (Å²) in [6, 6.07) is 5.58. The second-order valence-corrected chi connectivity index (χ2v) is 8.61. The molecule has 0 aromatic heterocycles. The van der Waals surface area contributed by atoms with Gasteiger partial charge in [-0.1, -0.05) is 12.1 Å². The van der Waals surface area contributed by atoms with Gasteiger partial charge in [-0.3, -0.25) is 0 Å². The van der Waals surface area contributed by atoms with Gasteiger partial charge in [0.05, 0.1) is 4.47 Å². The van der Waals surface area contributed by atoms with E-state index in [0.29, 0.717) is 10.4 Å². The lowest BCUT2D eigenvalue weighted by atomic mass is 9.69. The van der Waals surface area contributed by atoms with Crippen molar-refractivity contribution in [2.24, 2.45) is 11.8 Å². The van der Waals surface area contributed by atoms with Crippen LogP contribution >= 0.6 is 15.9 Å². The SMILES string of the molecule is C/C=C/C(=O)OC1CCC(C2CCC(c3ccc(Br)c(F)c3)CC2)CC1. The van der Waals surface area contributed by atoms with E-state index in [-0.39, 0.29) is 17.9 Å². The number of carbonyl (C=O) groups is 1. The van der Waals surface area contributed by atoms with E-state index in [0.717, 1.165) is 55.9 Å². The molecule has 1 aromatic rings. The number of esters is 1. The first-order valence-electron chi connectivity index (χ1n) is 9.85. The van der Waals surface area contributed by atoms with E-state index in [1.165, 1.54) is 18.9 Å². The molecule has 0 atom stereocenters. The summed E-state index contributed by atoms with van der Waals surface area (Å²) in [5.74, 6) is 1.66. The van der Waals surface area contributed by atoms with E-state index in [2.05, 4.69) is 22.0 Å². The van der Waals surface area contributed by atoms with Gasteiger partial charge in [-0.15, -0.1) is 0 Å². The number of ether oxygens (including phenoxy) is 1. The lowest BCUT2D eigenvalue weighted by Crippen LogP contribution is -2.29. The largest absolute Gasteiger partial charge is 0.459 e. The Morgan fingerprint density at radius 1 is 1.08 bits per heavy atom. The predicted octanol–water partition coefficient (Wildman–Crippen LogP) is 6.54. The molecule has 2 aliphatic rings. The molecule has 0 amide bonds. The number of rotatable bonds is 4. The second kappa shape index (κ2) is 9.16. The lowest BCUT2D eigenvalue weighted by molar-refractivity contribution is -0.145. The second-order valence-electron chi connectivity index (χ2n) is 7.76. The van der Waals surface area contributed by atoms with Crippen LogP contribution in [0.4, 0.5) is 4.39 Å². The van der Waals surface area contributed by atoms with Gasteiger partial charge in [0.2, 0.25) is 0 Å². The first kappa shape index (κ1) is 19.6. The molecule has 0 aliphatic heterocycles. The average molecular weight is 423 g/mol. The van der Waals surface area contributed by atoms with Crippen molar-refractivity contribution >= 4 is 21.9 Å². The van der Waals surface area contributed by atoms with Gasteiger partial charge < -0.3 is 4.74 Å². The van der Waals surface area contributed by atoms with Crippen LogP contribution < -0.4 is 0 Å². The molecule has 0 heterocycles. The molecule has 0 N–H and O–H groups in total. The maximum Gasteiger partial charge on any atom is 0.330 e. The normalized spacial score (nSPS) is 29.7. The number of halogens is 2. The predicted molar refractivity (Wildman–Crippen MR) is 105 cm³/mol. The van der Waals surface area contributed by atoms with E-state index >= 15 is 0 Å². The van der Waals surface area contributed by atoms with Gasteiger partial charge >= 0.3 is 5.97 Å². The zero-order valence-electron chi connectivity index (χ0n) is 15.4. The fraction of sp³-hybridized carbons (Fsp3) is 0.591. The topological polar surface area (TPSA) is 26.3 Å². The number of hydrogen-bond acceptors (Lipinski definition) is 2. The lowest BCUT2D eigenvalue weighted by Gasteiger charge is -2.37. The quantitative estimate of drug-likeness (QED) is 0.406. The Bertz CT molecular complexity index is 642. The zero-order valence-corrected chi connectivity index (χ0v) is 17.0. The Kier molecular flexibility index (Phi) is 6.91. The minimum Gasteiger partial charge on any atom is -0.459 e. The van der Waals surface area contributed by atoms with Gasteiger partial charge in [0.1, 0.15) is 11.9 Å². The maximum atomic E-state index is 13.8. The van der Waals surface area contributed by atoms with Crippen LogP contribution in [-0.4, -0.2) is 12.1 Å². The molecular weight excluding hydrogens is 395 g/mol. The van der Waals surface area contributed by atoms with Crippen LogP contribution in [0.2, 0.25) is 0 Å². The van der Waals surface area contributed by atoms with E-state index in [9.17, 15) is 9.18 Å². The van der Waals surface area contributed by atoms with Crippen molar-refractivity contribution < 1.29 is 13.9 Å². The number of hydrogen-bond donors (Lipinski definition) is 0. The molecule has 142 valence electrons. The molecule has 26 heavy (non-hydrogen) atoms. The molecule has 0 bridgehead atoms. The molecule has 2 saturated carbocycles. The molecular formula is C22H28BrFO2. The summed E-state index contributed by atoms with van der Waals surface area (Å²) in [7, 11) is 0. The van der Waals surface area contributed by atoms with Crippen LogP contribution in [-0.2, 0) is 9.53 Å². The third kappa shape index (κ3) is 4.97. The summed E-state index contributed by atoms with van der Waals surface area (Å²) in [4.78, 5) is 11.6. The van der Waals surface area contributed by atoms with Crippen molar-refractivity contribution in [2.75, 3.05) is 0 Å². The highest BCUT2D eigenvalue weighted by molar-refractivity contribution is 9.10. The van der Waals surface area contributed by atoms with Gasteiger partial charge in [0.25, 0.3) is 0 Å². The summed E-state index contributed by atoms with van der Waals surface area (Å²) >= 11 is 3.23. The summed E-state index contributed by atoms with van der Waals surface area (Å²) in [5.41, 5.74) is 1.14.